The highest BCUT2D eigenvalue weighted by Crippen LogP contribution is 2.13. The summed E-state index contributed by atoms with van der Waals surface area (Å²) in [4.78, 5) is 13.8. The molecule has 132 valence electrons. The molecule has 1 saturated heterocycles. The van der Waals surface area contributed by atoms with Crippen molar-refractivity contribution >= 4 is 23.3 Å². The van der Waals surface area contributed by atoms with Crippen molar-refractivity contribution in [2.24, 2.45) is 5.10 Å². The molecule has 1 aromatic heterocycles. The Morgan fingerprint density at radius 3 is 2.62 bits per heavy atom. The number of anilines is 2. The molecule has 1 N–H and O–H groups in total. The first-order chi connectivity index (χ1) is 11.3. The summed E-state index contributed by atoms with van der Waals surface area (Å²) in [7, 11) is 0. The Balaban J connectivity index is 1.85. The van der Waals surface area contributed by atoms with Crippen molar-refractivity contribution in [3.8, 4) is 0 Å². The molecule has 8 heteroatoms. The maximum absolute atomic E-state index is 11.7. The molecule has 1 fully saturated rings. The van der Waals surface area contributed by atoms with E-state index in [0.29, 0.717) is 24.7 Å². The number of esters is 1. The number of hydrogen-bond donors (Lipinski definition) is 1. The van der Waals surface area contributed by atoms with E-state index >= 15 is 0 Å². The normalized spacial score (nSPS) is 16.0. The fraction of sp³-hybridized carbons (Fsp3) is 0.625. The zero-order valence-electron chi connectivity index (χ0n) is 14.7. The summed E-state index contributed by atoms with van der Waals surface area (Å²) in [5.74, 6) is 1.04. The number of ether oxygens (including phenoxy) is 2. The molecule has 1 aromatic rings. The minimum atomic E-state index is -0.494. The van der Waals surface area contributed by atoms with E-state index in [1.807, 2.05) is 32.9 Å². The summed E-state index contributed by atoms with van der Waals surface area (Å²) >= 11 is 0. The number of rotatable bonds is 5. The minimum Gasteiger partial charge on any atom is -0.460 e. The number of carbonyl (C=O) groups excluding carboxylic acids is 1. The van der Waals surface area contributed by atoms with Crippen LogP contribution in [-0.4, -0.2) is 53.8 Å². The van der Waals surface area contributed by atoms with Gasteiger partial charge in [0.1, 0.15) is 5.60 Å². The van der Waals surface area contributed by atoms with Gasteiger partial charge in [-0.1, -0.05) is 0 Å². The number of hydrazone groups is 1. The topological polar surface area (TPSA) is 88.9 Å². The van der Waals surface area contributed by atoms with Crippen molar-refractivity contribution in [3.63, 3.8) is 0 Å². The maximum Gasteiger partial charge on any atom is 0.312 e. The molecule has 0 amide bonds. The molecule has 8 nitrogen and oxygen atoms in total. The third-order valence-corrected chi connectivity index (χ3v) is 3.17. The van der Waals surface area contributed by atoms with Crippen molar-refractivity contribution in [2.75, 3.05) is 36.6 Å². The van der Waals surface area contributed by atoms with E-state index in [2.05, 4.69) is 25.6 Å². The monoisotopic (exact) mass is 335 g/mol. The molecule has 0 saturated carbocycles. The molecule has 2 heterocycles. The van der Waals surface area contributed by atoms with E-state index < -0.39 is 5.60 Å². The molecule has 0 spiro atoms. The zero-order chi connectivity index (χ0) is 17.6. The molecular formula is C16H25N5O3. The van der Waals surface area contributed by atoms with Gasteiger partial charge in [0.2, 0.25) is 0 Å². The van der Waals surface area contributed by atoms with Crippen molar-refractivity contribution in [3.05, 3.63) is 12.1 Å². The van der Waals surface area contributed by atoms with Crippen LogP contribution in [0.5, 0.6) is 0 Å². The highest BCUT2D eigenvalue weighted by molar-refractivity contribution is 5.97. The summed E-state index contributed by atoms with van der Waals surface area (Å²) in [5, 5.41) is 12.4. The molecule has 1 aliphatic rings. The van der Waals surface area contributed by atoms with E-state index in [1.165, 1.54) is 0 Å². The third kappa shape index (κ3) is 6.11. The standard InChI is InChI=1S/C16H25N5O3/c1-12(11-15(22)24-16(2,3)4)17-18-13-5-6-14(20-19-13)21-7-9-23-10-8-21/h5-6H,7-11H2,1-4H3,(H,18,19). The second kappa shape index (κ2) is 8.05. The van der Waals surface area contributed by atoms with Gasteiger partial charge in [0.15, 0.2) is 11.6 Å². The van der Waals surface area contributed by atoms with Crippen LogP contribution >= 0.6 is 0 Å². The van der Waals surface area contributed by atoms with Crippen LogP contribution in [0.25, 0.3) is 0 Å². The smallest absolute Gasteiger partial charge is 0.312 e. The average molecular weight is 335 g/mol. The summed E-state index contributed by atoms with van der Waals surface area (Å²) in [6, 6.07) is 3.70. The van der Waals surface area contributed by atoms with E-state index in [1.54, 1.807) is 6.92 Å². The van der Waals surface area contributed by atoms with Gasteiger partial charge in [-0.15, -0.1) is 10.2 Å². The number of morpholine rings is 1. The van der Waals surface area contributed by atoms with Gasteiger partial charge in [0.05, 0.1) is 19.6 Å². The van der Waals surface area contributed by atoms with Crippen LogP contribution in [0, 0.1) is 0 Å². The van der Waals surface area contributed by atoms with Gasteiger partial charge < -0.3 is 14.4 Å². The predicted molar refractivity (Wildman–Crippen MR) is 92.3 cm³/mol. The van der Waals surface area contributed by atoms with Crippen LogP contribution in [0.4, 0.5) is 11.6 Å². The summed E-state index contributed by atoms with van der Waals surface area (Å²) in [5.41, 5.74) is 2.93. The molecule has 0 bridgehead atoms. The Bertz CT molecular complexity index is 574. The predicted octanol–water partition coefficient (Wildman–Crippen LogP) is 1.83. The highest BCUT2D eigenvalue weighted by Gasteiger charge is 2.17. The zero-order valence-corrected chi connectivity index (χ0v) is 14.7. The molecule has 0 unspecified atom stereocenters. The first kappa shape index (κ1) is 18.1. The third-order valence-electron chi connectivity index (χ3n) is 3.17. The van der Waals surface area contributed by atoms with Crippen LogP contribution in [0.2, 0.25) is 0 Å². The SMILES string of the molecule is CC(CC(=O)OC(C)(C)C)=NNc1ccc(N2CCOCC2)nn1. The molecule has 0 radical (unpaired) electrons. The Kier molecular flexibility index (Phi) is 6.08. The quantitative estimate of drug-likeness (QED) is 0.499. The number of hydrogen-bond acceptors (Lipinski definition) is 8. The van der Waals surface area contributed by atoms with Gasteiger partial charge in [-0.3, -0.25) is 10.2 Å². The van der Waals surface area contributed by atoms with Gasteiger partial charge in [-0.2, -0.15) is 5.10 Å². The van der Waals surface area contributed by atoms with Crippen molar-refractivity contribution < 1.29 is 14.3 Å². The van der Waals surface area contributed by atoms with E-state index in [4.69, 9.17) is 9.47 Å². The van der Waals surface area contributed by atoms with Gasteiger partial charge in [-0.05, 0) is 39.8 Å². The first-order valence-corrected chi connectivity index (χ1v) is 8.01. The van der Waals surface area contributed by atoms with Crippen LogP contribution in [0.3, 0.4) is 0 Å². The lowest BCUT2D eigenvalue weighted by molar-refractivity contribution is -0.153. The van der Waals surface area contributed by atoms with Gasteiger partial charge in [0.25, 0.3) is 0 Å². The Hall–Kier alpha value is -2.22. The lowest BCUT2D eigenvalue weighted by atomic mass is 10.2. The highest BCUT2D eigenvalue weighted by atomic mass is 16.6. The van der Waals surface area contributed by atoms with E-state index in [0.717, 1.165) is 18.9 Å². The fourth-order valence-electron chi connectivity index (χ4n) is 2.12. The Morgan fingerprint density at radius 1 is 1.33 bits per heavy atom. The minimum absolute atomic E-state index is 0.129. The fourth-order valence-corrected chi connectivity index (χ4v) is 2.12. The molecular weight excluding hydrogens is 310 g/mol. The van der Waals surface area contributed by atoms with Gasteiger partial charge >= 0.3 is 5.97 Å². The van der Waals surface area contributed by atoms with Crippen molar-refractivity contribution in [2.45, 2.75) is 39.7 Å². The van der Waals surface area contributed by atoms with Crippen molar-refractivity contribution in [1.29, 1.82) is 0 Å². The first-order valence-electron chi connectivity index (χ1n) is 8.01. The summed E-state index contributed by atoms with van der Waals surface area (Å²) in [6.07, 6.45) is 0.129. The number of aromatic nitrogens is 2. The van der Waals surface area contributed by atoms with Crippen LogP contribution in [-0.2, 0) is 14.3 Å². The lowest BCUT2D eigenvalue weighted by Gasteiger charge is -2.27. The van der Waals surface area contributed by atoms with E-state index in [-0.39, 0.29) is 12.4 Å². The molecule has 0 aliphatic carbocycles. The van der Waals surface area contributed by atoms with Gasteiger partial charge in [0, 0.05) is 18.8 Å². The van der Waals surface area contributed by atoms with Gasteiger partial charge in [-0.25, -0.2) is 0 Å². The van der Waals surface area contributed by atoms with E-state index in [9.17, 15) is 4.79 Å². The number of nitrogens with one attached hydrogen (secondary N) is 1. The molecule has 1 aliphatic heterocycles. The number of carbonyl (C=O) groups is 1. The largest absolute Gasteiger partial charge is 0.460 e. The number of nitrogens with zero attached hydrogens (tertiary/aromatic N) is 4. The van der Waals surface area contributed by atoms with Crippen LogP contribution < -0.4 is 10.3 Å². The second-order valence-corrected chi connectivity index (χ2v) is 6.60. The van der Waals surface area contributed by atoms with Crippen molar-refractivity contribution in [1.82, 2.24) is 10.2 Å². The maximum atomic E-state index is 11.7. The Labute approximate surface area is 142 Å². The molecule has 24 heavy (non-hydrogen) atoms. The van der Waals surface area contributed by atoms with Crippen LogP contribution in [0.1, 0.15) is 34.1 Å². The summed E-state index contributed by atoms with van der Waals surface area (Å²) in [6.45, 7) is 10.3. The summed E-state index contributed by atoms with van der Waals surface area (Å²) < 4.78 is 10.6. The molecule has 2 rings (SSSR count). The average Bonchev–Trinajstić information content (AvgIpc) is 2.52. The second-order valence-electron chi connectivity index (χ2n) is 6.60. The molecule has 0 aromatic carbocycles. The molecule has 0 atom stereocenters. The lowest BCUT2D eigenvalue weighted by Crippen LogP contribution is -2.36. The Morgan fingerprint density at radius 2 is 2.04 bits per heavy atom. The van der Waals surface area contributed by atoms with Crippen LogP contribution in [0.15, 0.2) is 17.2 Å².